The van der Waals surface area contributed by atoms with Gasteiger partial charge in [0.05, 0.1) is 6.61 Å². The van der Waals surface area contributed by atoms with Crippen LogP contribution in [-0.2, 0) is 22.4 Å². The van der Waals surface area contributed by atoms with Crippen LogP contribution in [0.3, 0.4) is 0 Å². The summed E-state index contributed by atoms with van der Waals surface area (Å²) in [7, 11) is 0. The fourth-order valence-corrected chi connectivity index (χ4v) is 1.36. The highest BCUT2D eigenvalue weighted by atomic mass is 16.5. The van der Waals surface area contributed by atoms with Gasteiger partial charge < -0.3 is 4.74 Å². The highest BCUT2D eigenvalue weighted by Gasteiger charge is 2.02. The Morgan fingerprint density at radius 1 is 1.47 bits per heavy atom. The summed E-state index contributed by atoms with van der Waals surface area (Å²) in [6.45, 7) is 4.34. The van der Waals surface area contributed by atoms with E-state index in [-0.39, 0.29) is 5.97 Å². The molecule has 0 spiro atoms. The Kier molecular flexibility index (Phi) is 4.81. The van der Waals surface area contributed by atoms with Crippen molar-refractivity contribution in [2.24, 2.45) is 0 Å². The van der Waals surface area contributed by atoms with E-state index in [0.717, 1.165) is 24.1 Å². The summed E-state index contributed by atoms with van der Waals surface area (Å²) in [5.41, 5.74) is 2.21. The van der Waals surface area contributed by atoms with Crippen molar-refractivity contribution in [1.29, 1.82) is 0 Å². The second-order valence-electron chi connectivity index (χ2n) is 3.31. The lowest BCUT2D eigenvalue weighted by Gasteiger charge is -2.03. The quantitative estimate of drug-likeness (QED) is 0.694. The molecule has 0 bridgehead atoms. The summed E-state index contributed by atoms with van der Waals surface area (Å²) in [4.78, 5) is 15.3. The van der Waals surface area contributed by atoms with E-state index in [2.05, 4.69) is 11.9 Å². The third-order valence-corrected chi connectivity index (χ3v) is 2.17. The van der Waals surface area contributed by atoms with Gasteiger partial charge in [-0.2, -0.15) is 0 Å². The number of aryl methyl sites for hydroxylation is 2. The first-order valence-corrected chi connectivity index (χ1v) is 5.35. The number of hydrogen-bond acceptors (Lipinski definition) is 3. The van der Waals surface area contributed by atoms with Gasteiger partial charge in [-0.1, -0.05) is 6.92 Å². The van der Waals surface area contributed by atoms with Crippen LogP contribution in [0.15, 0.2) is 18.3 Å². The van der Waals surface area contributed by atoms with E-state index in [1.165, 1.54) is 0 Å². The summed E-state index contributed by atoms with van der Waals surface area (Å²) in [6, 6.07) is 3.98. The van der Waals surface area contributed by atoms with Gasteiger partial charge in [0.15, 0.2) is 0 Å². The van der Waals surface area contributed by atoms with E-state index in [1.54, 1.807) is 6.20 Å². The van der Waals surface area contributed by atoms with Crippen LogP contribution in [0.4, 0.5) is 0 Å². The summed E-state index contributed by atoms with van der Waals surface area (Å²) in [6.07, 6.45) is 3.89. The van der Waals surface area contributed by atoms with Gasteiger partial charge in [0.25, 0.3) is 0 Å². The first kappa shape index (κ1) is 11.7. The predicted molar refractivity (Wildman–Crippen MR) is 58.6 cm³/mol. The van der Waals surface area contributed by atoms with E-state index in [9.17, 15) is 4.79 Å². The van der Waals surface area contributed by atoms with Crippen LogP contribution in [0.1, 0.15) is 31.5 Å². The molecule has 1 heterocycles. The lowest BCUT2D eigenvalue weighted by atomic mass is 10.1. The van der Waals surface area contributed by atoms with Crippen molar-refractivity contribution in [3.05, 3.63) is 29.6 Å². The van der Waals surface area contributed by atoms with Gasteiger partial charge >= 0.3 is 5.97 Å². The van der Waals surface area contributed by atoms with Crippen molar-refractivity contribution in [2.45, 2.75) is 33.1 Å². The highest BCUT2D eigenvalue weighted by Crippen LogP contribution is 2.06. The average Bonchev–Trinajstić information content (AvgIpc) is 2.27. The molecule has 0 aliphatic rings. The van der Waals surface area contributed by atoms with Crippen LogP contribution in [0, 0.1) is 0 Å². The van der Waals surface area contributed by atoms with Crippen molar-refractivity contribution in [3.63, 3.8) is 0 Å². The zero-order chi connectivity index (χ0) is 11.1. The molecule has 15 heavy (non-hydrogen) atoms. The van der Waals surface area contributed by atoms with Crippen molar-refractivity contribution in [3.8, 4) is 0 Å². The Morgan fingerprint density at radius 2 is 2.27 bits per heavy atom. The molecule has 1 aromatic heterocycles. The molecule has 1 rings (SSSR count). The highest BCUT2D eigenvalue weighted by molar-refractivity contribution is 5.69. The number of rotatable bonds is 5. The van der Waals surface area contributed by atoms with Crippen molar-refractivity contribution < 1.29 is 9.53 Å². The fraction of sp³-hybridized carbons (Fsp3) is 0.500. The Hall–Kier alpha value is -1.38. The minimum Gasteiger partial charge on any atom is -0.466 e. The van der Waals surface area contributed by atoms with Gasteiger partial charge in [0.1, 0.15) is 0 Å². The number of hydrogen-bond donors (Lipinski definition) is 0. The second-order valence-corrected chi connectivity index (χ2v) is 3.31. The molecule has 0 saturated carbocycles. The molecule has 0 atom stereocenters. The van der Waals surface area contributed by atoms with Crippen LogP contribution in [0.25, 0.3) is 0 Å². The van der Waals surface area contributed by atoms with E-state index < -0.39 is 0 Å². The molecule has 0 aliphatic carbocycles. The molecule has 3 nitrogen and oxygen atoms in total. The van der Waals surface area contributed by atoms with Crippen LogP contribution in [0.2, 0.25) is 0 Å². The van der Waals surface area contributed by atoms with Gasteiger partial charge in [-0.25, -0.2) is 0 Å². The third-order valence-electron chi connectivity index (χ3n) is 2.17. The van der Waals surface area contributed by atoms with Crippen molar-refractivity contribution >= 4 is 5.97 Å². The van der Waals surface area contributed by atoms with Crippen LogP contribution >= 0.6 is 0 Å². The Labute approximate surface area is 90.5 Å². The molecule has 0 N–H and O–H groups in total. The van der Waals surface area contributed by atoms with Gasteiger partial charge in [0, 0.05) is 18.3 Å². The second kappa shape index (κ2) is 6.17. The first-order valence-electron chi connectivity index (χ1n) is 5.35. The molecule has 0 unspecified atom stereocenters. The number of esters is 1. The Morgan fingerprint density at radius 3 is 2.93 bits per heavy atom. The number of ether oxygens (including phenoxy) is 1. The maximum absolute atomic E-state index is 11.1. The molecule has 0 radical (unpaired) electrons. The molecule has 3 heteroatoms. The molecule has 0 amide bonds. The van der Waals surface area contributed by atoms with E-state index >= 15 is 0 Å². The van der Waals surface area contributed by atoms with Crippen LogP contribution in [-0.4, -0.2) is 17.6 Å². The zero-order valence-corrected chi connectivity index (χ0v) is 9.32. The largest absolute Gasteiger partial charge is 0.466 e. The average molecular weight is 207 g/mol. The minimum absolute atomic E-state index is 0.132. The van der Waals surface area contributed by atoms with Gasteiger partial charge in [-0.05, 0) is 37.5 Å². The summed E-state index contributed by atoms with van der Waals surface area (Å²) >= 11 is 0. The minimum atomic E-state index is -0.132. The number of aromatic nitrogens is 1. The molecular weight excluding hydrogens is 190 g/mol. The first-order chi connectivity index (χ1) is 7.26. The topological polar surface area (TPSA) is 39.2 Å². The van der Waals surface area contributed by atoms with Gasteiger partial charge in [-0.15, -0.1) is 0 Å². The van der Waals surface area contributed by atoms with Crippen LogP contribution in [0.5, 0.6) is 0 Å². The SMILES string of the molecule is CCOC(=O)CCc1ccnc(CC)c1. The van der Waals surface area contributed by atoms with E-state index in [4.69, 9.17) is 4.74 Å². The van der Waals surface area contributed by atoms with E-state index in [0.29, 0.717) is 13.0 Å². The summed E-state index contributed by atoms with van der Waals surface area (Å²) in [5, 5.41) is 0. The molecule has 0 saturated heterocycles. The fourth-order valence-electron chi connectivity index (χ4n) is 1.36. The molecule has 82 valence electrons. The molecule has 0 aliphatic heterocycles. The smallest absolute Gasteiger partial charge is 0.306 e. The molecular formula is C12H17NO2. The van der Waals surface area contributed by atoms with E-state index in [1.807, 2.05) is 19.1 Å². The number of nitrogens with zero attached hydrogens (tertiary/aromatic N) is 1. The standard InChI is InChI=1S/C12H17NO2/c1-3-11-9-10(7-8-13-11)5-6-12(14)15-4-2/h7-9H,3-6H2,1-2H3. The maximum atomic E-state index is 11.1. The van der Waals surface area contributed by atoms with Gasteiger partial charge in [-0.3, -0.25) is 9.78 Å². The number of carbonyl (C=O) groups excluding carboxylic acids is 1. The molecule has 0 aromatic carbocycles. The molecule has 1 aromatic rings. The van der Waals surface area contributed by atoms with Crippen molar-refractivity contribution in [1.82, 2.24) is 4.98 Å². The summed E-state index contributed by atoms with van der Waals surface area (Å²) in [5.74, 6) is -0.132. The normalized spacial score (nSPS) is 10.0. The molecule has 0 fully saturated rings. The Balaban J connectivity index is 2.46. The zero-order valence-electron chi connectivity index (χ0n) is 9.32. The van der Waals surface area contributed by atoms with Gasteiger partial charge in [0.2, 0.25) is 0 Å². The lowest BCUT2D eigenvalue weighted by Crippen LogP contribution is -2.05. The summed E-state index contributed by atoms with van der Waals surface area (Å²) < 4.78 is 4.87. The number of carbonyl (C=O) groups is 1. The predicted octanol–water partition coefficient (Wildman–Crippen LogP) is 2.14. The third kappa shape index (κ3) is 4.11. The van der Waals surface area contributed by atoms with Crippen molar-refractivity contribution in [2.75, 3.05) is 6.61 Å². The monoisotopic (exact) mass is 207 g/mol. The maximum Gasteiger partial charge on any atom is 0.306 e. The number of pyridine rings is 1. The Bertz CT molecular complexity index is 323. The van der Waals surface area contributed by atoms with Crippen LogP contribution < -0.4 is 0 Å². The lowest BCUT2D eigenvalue weighted by molar-refractivity contribution is -0.143.